The Hall–Kier alpha value is -2.22. The third-order valence-corrected chi connectivity index (χ3v) is 5.20. The van der Waals surface area contributed by atoms with E-state index in [9.17, 15) is 18.3 Å². The molecule has 0 aliphatic carbocycles. The van der Waals surface area contributed by atoms with E-state index in [1.54, 1.807) is 19.1 Å². The highest BCUT2D eigenvalue weighted by Gasteiger charge is 2.21. The number of nitrogens with one attached hydrogen (secondary N) is 2. The summed E-state index contributed by atoms with van der Waals surface area (Å²) in [5.41, 5.74) is 1.83. The van der Waals surface area contributed by atoms with Crippen LogP contribution in [0.2, 0.25) is 0 Å². The zero-order chi connectivity index (χ0) is 18.4. The molecule has 25 heavy (non-hydrogen) atoms. The van der Waals surface area contributed by atoms with Crippen molar-refractivity contribution in [2.45, 2.75) is 30.9 Å². The number of benzene rings is 2. The van der Waals surface area contributed by atoms with E-state index in [0.29, 0.717) is 0 Å². The van der Waals surface area contributed by atoms with Crippen LogP contribution in [0, 0.1) is 6.92 Å². The van der Waals surface area contributed by atoms with Gasteiger partial charge in [-0.25, -0.2) is 13.1 Å². The Morgan fingerprint density at radius 2 is 1.68 bits per heavy atom. The summed E-state index contributed by atoms with van der Waals surface area (Å²) in [5, 5.41) is 12.6. The maximum absolute atomic E-state index is 12.2. The molecule has 0 saturated carbocycles. The van der Waals surface area contributed by atoms with Crippen LogP contribution in [0.4, 0.5) is 0 Å². The first-order valence-corrected chi connectivity index (χ1v) is 9.37. The minimum absolute atomic E-state index is 0.0864. The van der Waals surface area contributed by atoms with E-state index in [-0.39, 0.29) is 10.9 Å². The van der Waals surface area contributed by atoms with Gasteiger partial charge in [0.2, 0.25) is 10.0 Å². The molecular formula is C18H22N2O4S. The lowest BCUT2D eigenvalue weighted by molar-refractivity contribution is -0.129. The van der Waals surface area contributed by atoms with Crippen molar-refractivity contribution in [2.75, 3.05) is 6.54 Å². The second-order valence-electron chi connectivity index (χ2n) is 5.82. The standard InChI is InChI=1S/C18H22N2O4S/c1-13-8-10-16(11-9-13)25(23,24)19-12-17(21)18(22)20-14(2)15-6-4-3-5-7-15/h3-11,14,17,19,21H,12H2,1-2H3,(H,20,22)/t14-,17+/m0/s1. The van der Waals surface area contributed by atoms with Gasteiger partial charge in [-0.05, 0) is 31.5 Å². The number of carbonyl (C=O) groups excluding carboxylic acids is 1. The first kappa shape index (κ1) is 19.1. The Bertz CT molecular complexity index is 805. The highest BCUT2D eigenvalue weighted by molar-refractivity contribution is 7.89. The van der Waals surface area contributed by atoms with Crippen LogP contribution in [-0.4, -0.2) is 32.1 Å². The molecule has 0 radical (unpaired) electrons. The Morgan fingerprint density at radius 1 is 1.08 bits per heavy atom. The Labute approximate surface area is 147 Å². The Kier molecular flexibility index (Phi) is 6.30. The van der Waals surface area contributed by atoms with Crippen molar-refractivity contribution in [3.8, 4) is 0 Å². The lowest BCUT2D eigenvalue weighted by Crippen LogP contribution is -2.43. The fourth-order valence-corrected chi connectivity index (χ4v) is 3.26. The zero-order valence-corrected chi connectivity index (χ0v) is 15.0. The smallest absolute Gasteiger partial charge is 0.250 e. The first-order valence-electron chi connectivity index (χ1n) is 7.89. The largest absolute Gasteiger partial charge is 0.382 e. The van der Waals surface area contributed by atoms with Gasteiger partial charge < -0.3 is 10.4 Å². The van der Waals surface area contributed by atoms with Crippen molar-refractivity contribution < 1.29 is 18.3 Å². The van der Waals surface area contributed by atoms with Gasteiger partial charge in [0, 0.05) is 6.54 Å². The van der Waals surface area contributed by atoms with E-state index >= 15 is 0 Å². The molecule has 0 unspecified atom stereocenters. The number of hydrogen-bond donors (Lipinski definition) is 3. The monoisotopic (exact) mass is 362 g/mol. The molecule has 0 spiro atoms. The summed E-state index contributed by atoms with van der Waals surface area (Å²) in [6.07, 6.45) is -1.48. The molecule has 1 amide bonds. The van der Waals surface area contributed by atoms with Crippen molar-refractivity contribution in [1.29, 1.82) is 0 Å². The summed E-state index contributed by atoms with van der Waals surface area (Å²) >= 11 is 0. The maximum atomic E-state index is 12.2. The van der Waals surface area contributed by atoms with Crippen LogP contribution in [-0.2, 0) is 14.8 Å². The molecule has 0 aliphatic rings. The van der Waals surface area contributed by atoms with Crippen molar-refractivity contribution in [1.82, 2.24) is 10.0 Å². The molecule has 2 aromatic carbocycles. The van der Waals surface area contributed by atoms with Crippen LogP contribution >= 0.6 is 0 Å². The summed E-state index contributed by atoms with van der Waals surface area (Å²) in [4.78, 5) is 12.1. The van der Waals surface area contributed by atoms with E-state index in [2.05, 4.69) is 10.0 Å². The zero-order valence-electron chi connectivity index (χ0n) is 14.1. The topological polar surface area (TPSA) is 95.5 Å². The molecule has 3 N–H and O–H groups in total. The Morgan fingerprint density at radius 3 is 2.28 bits per heavy atom. The minimum atomic E-state index is -3.78. The molecular weight excluding hydrogens is 340 g/mol. The van der Waals surface area contributed by atoms with Crippen molar-refractivity contribution in [3.63, 3.8) is 0 Å². The molecule has 6 nitrogen and oxygen atoms in total. The third-order valence-electron chi connectivity index (χ3n) is 3.76. The van der Waals surface area contributed by atoms with Gasteiger partial charge in [-0.2, -0.15) is 0 Å². The van der Waals surface area contributed by atoms with Crippen LogP contribution in [0.5, 0.6) is 0 Å². The Balaban J connectivity index is 1.91. The fraction of sp³-hybridized carbons (Fsp3) is 0.278. The van der Waals surface area contributed by atoms with Crippen LogP contribution in [0.15, 0.2) is 59.5 Å². The second kappa shape index (κ2) is 8.24. The summed E-state index contributed by atoms with van der Waals surface area (Å²) < 4.78 is 26.6. The van der Waals surface area contributed by atoms with Crippen LogP contribution in [0.25, 0.3) is 0 Å². The molecule has 2 atom stereocenters. The van der Waals surface area contributed by atoms with Crippen LogP contribution in [0.1, 0.15) is 24.1 Å². The van der Waals surface area contributed by atoms with Gasteiger partial charge in [-0.3, -0.25) is 4.79 Å². The summed E-state index contributed by atoms with van der Waals surface area (Å²) in [6, 6.07) is 15.3. The minimum Gasteiger partial charge on any atom is -0.382 e. The summed E-state index contributed by atoms with van der Waals surface area (Å²) in [6.45, 7) is 3.24. The van der Waals surface area contributed by atoms with Gasteiger partial charge in [-0.15, -0.1) is 0 Å². The van der Waals surface area contributed by atoms with Gasteiger partial charge in [0.1, 0.15) is 6.10 Å². The predicted molar refractivity (Wildman–Crippen MR) is 95.4 cm³/mol. The van der Waals surface area contributed by atoms with E-state index in [0.717, 1.165) is 11.1 Å². The molecule has 2 rings (SSSR count). The average Bonchev–Trinajstić information content (AvgIpc) is 2.60. The second-order valence-corrected chi connectivity index (χ2v) is 7.59. The highest BCUT2D eigenvalue weighted by atomic mass is 32.2. The molecule has 0 aliphatic heterocycles. The number of sulfonamides is 1. The highest BCUT2D eigenvalue weighted by Crippen LogP contribution is 2.12. The lowest BCUT2D eigenvalue weighted by Gasteiger charge is -2.17. The van der Waals surface area contributed by atoms with E-state index < -0.39 is 28.6 Å². The molecule has 134 valence electrons. The molecule has 0 fully saturated rings. The van der Waals surface area contributed by atoms with Gasteiger partial charge in [0.15, 0.2) is 0 Å². The number of rotatable bonds is 7. The average molecular weight is 362 g/mol. The van der Waals surface area contributed by atoms with Crippen molar-refractivity contribution in [3.05, 3.63) is 65.7 Å². The van der Waals surface area contributed by atoms with Crippen molar-refractivity contribution in [2.24, 2.45) is 0 Å². The number of aliphatic hydroxyl groups excluding tert-OH is 1. The maximum Gasteiger partial charge on any atom is 0.250 e. The number of aryl methyl sites for hydroxylation is 1. The predicted octanol–water partition coefficient (Wildman–Crippen LogP) is 1.51. The van der Waals surface area contributed by atoms with Gasteiger partial charge in [0.05, 0.1) is 10.9 Å². The lowest BCUT2D eigenvalue weighted by atomic mass is 10.1. The van der Waals surface area contributed by atoms with Crippen LogP contribution in [0.3, 0.4) is 0 Å². The molecule has 2 aromatic rings. The van der Waals surface area contributed by atoms with Gasteiger partial charge >= 0.3 is 0 Å². The molecule has 0 heterocycles. The van der Waals surface area contributed by atoms with E-state index in [4.69, 9.17) is 0 Å². The molecule has 0 bridgehead atoms. The third kappa shape index (κ3) is 5.38. The molecule has 7 heteroatoms. The van der Waals surface area contributed by atoms with Gasteiger partial charge in [0.25, 0.3) is 5.91 Å². The molecule has 0 aromatic heterocycles. The normalized spacial score (nSPS) is 13.9. The van der Waals surface area contributed by atoms with Crippen molar-refractivity contribution >= 4 is 15.9 Å². The number of hydrogen-bond acceptors (Lipinski definition) is 4. The number of aliphatic hydroxyl groups is 1. The fourth-order valence-electron chi connectivity index (χ4n) is 2.22. The quantitative estimate of drug-likeness (QED) is 0.696. The van der Waals surface area contributed by atoms with E-state index in [1.165, 1.54) is 12.1 Å². The number of amides is 1. The summed E-state index contributed by atoms with van der Waals surface area (Å²) in [5.74, 6) is -0.636. The van der Waals surface area contributed by atoms with E-state index in [1.807, 2.05) is 37.3 Å². The van der Waals surface area contributed by atoms with Crippen LogP contribution < -0.4 is 10.0 Å². The molecule has 0 saturated heterocycles. The number of carbonyl (C=O) groups is 1. The summed E-state index contributed by atoms with van der Waals surface area (Å²) in [7, 11) is -3.78. The first-order chi connectivity index (χ1) is 11.8. The van der Waals surface area contributed by atoms with Gasteiger partial charge in [-0.1, -0.05) is 48.0 Å². The SMILES string of the molecule is Cc1ccc(S(=O)(=O)NC[C@@H](O)C(=O)N[C@@H](C)c2ccccc2)cc1.